The van der Waals surface area contributed by atoms with E-state index < -0.39 is 12.0 Å². The summed E-state index contributed by atoms with van der Waals surface area (Å²) in [5.74, 6) is -1.16. The number of fused-ring (bicyclic) bond motifs is 2. The van der Waals surface area contributed by atoms with E-state index in [-0.39, 0.29) is 24.4 Å². The van der Waals surface area contributed by atoms with E-state index in [9.17, 15) is 14.4 Å². The average Bonchev–Trinajstić information content (AvgIpc) is 3.46. The van der Waals surface area contributed by atoms with Crippen LogP contribution in [0.25, 0.3) is 21.9 Å². The minimum Gasteiger partial charge on any atom is -0.465 e. The van der Waals surface area contributed by atoms with Crippen molar-refractivity contribution in [2.24, 2.45) is 0 Å². The fourth-order valence-electron chi connectivity index (χ4n) is 5.73. The Hall–Kier alpha value is -5.12. The molecule has 1 saturated carbocycles. The molecule has 1 unspecified atom stereocenters. The Balaban J connectivity index is 1.45. The summed E-state index contributed by atoms with van der Waals surface area (Å²) in [5, 5.41) is 12.5. The second-order valence-electron chi connectivity index (χ2n) is 10.7. The maximum atomic E-state index is 14.4. The van der Waals surface area contributed by atoms with Gasteiger partial charge in [0.25, 0.3) is 0 Å². The summed E-state index contributed by atoms with van der Waals surface area (Å²) >= 11 is 0. The number of anilines is 1. The SMILES string of the molecule is COC(=O)c1ccc(C(C(=O)NC2CCCCC2)N(C(=O)Cn2nnc3ccccc32)c2cnc3ccccc3c2)cc1. The number of amides is 2. The summed E-state index contributed by atoms with van der Waals surface area (Å²) in [5.41, 5.74) is 3.50. The van der Waals surface area contributed by atoms with Crippen molar-refractivity contribution in [1.29, 1.82) is 0 Å². The monoisotopic (exact) mass is 576 g/mol. The Bertz CT molecular complexity index is 1780. The van der Waals surface area contributed by atoms with E-state index in [1.165, 1.54) is 16.7 Å². The summed E-state index contributed by atoms with van der Waals surface area (Å²) in [4.78, 5) is 46.9. The fourth-order valence-corrected chi connectivity index (χ4v) is 5.73. The molecular formula is C33H32N6O4. The van der Waals surface area contributed by atoms with Crippen LogP contribution in [0.3, 0.4) is 0 Å². The van der Waals surface area contributed by atoms with Crippen molar-refractivity contribution in [3.05, 3.63) is 96.2 Å². The van der Waals surface area contributed by atoms with Crippen LogP contribution in [-0.2, 0) is 20.9 Å². The summed E-state index contributed by atoms with van der Waals surface area (Å²) in [6, 6.07) is 22.5. The van der Waals surface area contributed by atoms with E-state index in [1.807, 2.05) is 54.6 Å². The first-order valence-electron chi connectivity index (χ1n) is 14.5. The third-order valence-electron chi connectivity index (χ3n) is 7.93. The zero-order chi connectivity index (χ0) is 29.8. The quantitative estimate of drug-likeness (QED) is 0.259. The standard InChI is InChI=1S/C33H32N6O4/c1-43-33(42)23-17-15-22(16-18-23)31(32(41)35-25-10-3-2-4-11-25)39(26-19-24-9-5-6-12-27(24)34-20-26)30(40)21-38-29-14-8-7-13-28(29)36-37-38/h5-9,12-20,25,31H,2-4,10-11,21H2,1H3,(H,35,41). The molecule has 1 N–H and O–H groups in total. The van der Waals surface area contributed by atoms with Crippen LogP contribution in [0.2, 0.25) is 0 Å². The largest absolute Gasteiger partial charge is 0.465 e. The molecule has 10 nitrogen and oxygen atoms in total. The number of nitrogens with one attached hydrogen (secondary N) is 1. The molecule has 0 aliphatic heterocycles. The number of benzene rings is 3. The zero-order valence-corrected chi connectivity index (χ0v) is 23.8. The number of para-hydroxylation sites is 2. The zero-order valence-electron chi connectivity index (χ0n) is 23.8. The van der Waals surface area contributed by atoms with E-state index in [2.05, 4.69) is 20.6 Å². The molecule has 5 aromatic rings. The molecule has 6 rings (SSSR count). The van der Waals surface area contributed by atoms with E-state index in [1.54, 1.807) is 30.5 Å². The lowest BCUT2D eigenvalue weighted by molar-refractivity contribution is -0.127. The summed E-state index contributed by atoms with van der Waals surface area (Å²) in [7, 11) is 1.32. The van der Waals surface area contributed by atoms with Gasteiger partial charge in [0, 0.05) is 11.4 Å². The number of pyridine rings is 1. The highest BCUT2D eigenvalue weighted by Gasteiger charge is 2.35. The molecule has 0 saturated heterocycles. The van der Waals surface area contributed by atoms with Crippen molar-refractivity contribution in [3.63, 3.8) is 0 Å². The topological polar surface area (TPSA) is 119 Å². The molecule has 1 aliphatic rings. The third kappa shape index (κ3) is 5.94. The van der Waals surface area contributed by atoms with Crippen molar-refractivity contribution < 1.29 is 19.1 Å². The Morgan fingerprint density at radius 2 is 1.67 bits per heavy atom. The summed E-state index contributed by atoms with van der Waals surface area (Å²) in [6.45, 7) is -0.152. The highest BCUT2D eigenvalue weighted by atomic mass is 16.5. The predicted molar refractivity (Wildman–Crippen MR) is 162 cm³/mol. The molecule has 10 heteroatoms. The van der Waals surface area contributed by atoms with Crippen LogP contribution >= 0.6 is 0 Å². The van der Waals surface area contributed by atoms with Gasteiger partial charge in [0.15, 0.2) is 0 Å². The molecule has 43 heavy (non-hydrogen) atoms. The Morgan fingerprint density at radius 3 is 2.44 bits per heavy atom. The number of carbonyl (C=O) groups is 3. The molecule has 1 aliphatic carbocycles. The number of rotatable bonds is 8. The van der Waals surface area contributed by atoms with Gasteiger partial charge < -0.3 is 10.1 Å². The van der Waals surface area contributed by atoms with Gasteiger partial charge >= 0.3 is 5.97 Å². The van der Waals surface area contributed by atoms with E-state index in [0.29, 0.717) is 27.8 Å². The number of hydrogen-bond acceptors (Lipinski definition) is 7. The lowest BCUT2D eigenvalue weighted by Crippen LogP contribution is -2.48. The molecule has 2 amide bonds. The number of ether oxygens (including phenoxy) is 1. The first-order chi connectivity index (χ1) is 21.0. The maximum absolute atomic E-state index is 14.4. The average molecular weight is 577 g/mol. The molecule has 2 heterocycles. The Kier molecular flexibility index (Phi) is 8.08. The van der Waals surface area contributed by atoms with E-state index in [4.69, 9.17) is 4.74 Å². The smallest absolute Gasteiger partial charge is 0.337 e. The van der Waals surface area contributed by atoms with E-state index in [0.717, 1.165) is 43.0 Å². The molecule has 1 atom stereocenters. The lowest BCUT2D eigenvalue weighted by Gasteiger charge is -2.33. The van der Waals surface area contributed by atoms with Gasteiger partial charge in [0.1, 0.15) is 18.1 Å². The minimum absolute atomic E-state index is 0.0176. The van der Waals surface area contributed by atoms with Gasteiger partial charge in [-0.3, -0.25) is 19.5 Å². The fraction of sp³-hybridized carbons (Fsp3) is 0.273. The molecular weight excluding hydrogens is 544 g/mol. The maximum Gasteiger partial charge on any atom is 0.337 e. The van der Waals surface area contributed by atoms with E-state index >= 15 is 0 Å². The van der Waals surface area contributed by atoms with Crippen LogP contribution in [0.5, 0.6) is 0 Å². The van der Waals surface area contributed by atoms with Crippen molar-refractivity contribution in [1.82, 2.24) is 25.3 Å². The summed E-state index contributed by atoms with van der Waals surface area (Å²) < 4.78 is 6.41. The second-order valence-corrected chi connectivity index (χ2v) is 10.7. The van der Waals surface area contributed by atoms with Crippen molar-refractivity contribution in [2.45, 2.75) is 50.7 Å². The number of nitrogens with zero attached hydrogens (tertiary/aromatic N) is 5. The van der Waals surface area contributed by atoms with Gasteiger partial charge in [-0.2, -0.15) is 0 Å². The molecule has 0 spiro atoms. The van der Waals surface area contributed by atoms with Gasteiger partial charge in [0.2, 0.25) is 11.8 Å². The van der Waals surface area contributed by atoms with Crippen molar-refractivity contribution in [3.8, 4) is 0 Å². The highest BCUT2D eigenvalue weighted by Crippen LogP contribution is 2.31. The second kappa shape index (κ2) is 12.4. The highest BCUT2D eigenvalue weighted by molar-refractivity contribution is 6.02. The number of hydrogen-bond donors (Lipinski definition) is 1. The van der Waals surface area contributed by atoms with Gasteiger partial charge in [0.05, 0.1) is 35.6 Å². The molecule has 0 bridgehead atoms. The number of methoxy groups -OCH3 is 1. The van der Waals surface area contributed by atoms with Gasteiger partial charge in [-0.15, -0.1) is 5.10 Å². The van der Waals surface area contributed by atoms with Crippen molar-refractivity contribution in [2.75, 3.05) is 12.0 Å². The van der Waals surface area contributed by atoms with Crippen LogP contribution < -0.4 is 10.2 Å². The van der Waals surface area contributed by atoms with Crippen LogP contribution in [0, 0.1) is 0 Å². The molecule has 0 radical (unpaired) electrons. The van der Waals surface area contributed by atoms with Gasteiger partial charge in [-0.25, -0.2) is 9.48 Å². The molecule has 3 aromatic carbocycles. The first kappa shape index (κ1) is 28.0. The number of aromatic nitrogens is 4. The normalized spacial score (nSPS) is 14.3. The predicted octanol–water partition coefficient (Wildman–Crippen LogP) is 4.99. The van der Waals surface area contributed by atoms with Crippen LogP contribution in [-0.4, -0.2) is 50.9 Å². The lowest BCUT2D eigenvalue weighted by atomic mass is 9.94. The van der Waals surface area contributed by atoms with Gasteiger partial charge in [-0.05, 0) is 54.8 Å². The molecule has 1 fully saturated rings. The molecule has 218 valence electrons. The number of esters is 1. The minimum atomic E-state index is -1.04. The first-order valence-corrected chi connectivity index (χ1v) is 14.5. The van der Waals surface area contributed by atoms with Crippen LogP contribution in [0.15, 0.2) is 85.1 Å². The van der Waals surface area contributed by atoms with Gasteiger partial charge in [-0.1, -0.05) is 66.9 Å². The number of carbonyl (C=O) groups excluding carboxylic acids is 3. The van der Waals surface area contributed by atoms with Crippen molar-refractivity contribution >= 4 is 45.4 Å². The summed E-state index contributed by atoms with van der Waals surface area (Å²) in [6.07, 6.45) is 6.61. The Morgan fingerprint density at radius 1 is 0.953 bits per heavy atom. The molecule has 2 aromatic heterocycles. The third-order valence-corrected chi connectivity index (χ3v) is 7.93. The Labute approximate surface area is 248 Å². The van der Waals surface area contributed by atoms with Crippen LogP contribution in [0.4, 0.5) is 5.69 Å². The van der Waals surface area contributed by atoms with Crippen LogP contribution in [0.1, 0.15) is 54.1 Å².